The highest BCUT2D eigenvalue weighted by atomic mass is 16.7. The Bertz CT molecular complexity index is 1090. The summed E-state index contributed by atoms with van der Waals surface area (Å²) < 4.78 is 27.7. The minimum atomic E-state index is -0.866. The standard InChI is InChI=1S/C26H31NO7/c1-16-10-18-13-31-15-33-23(18)19(11-16)14-32-20-6-7-21-17(12-20)8-9-27(22(21)24(28)30-5)25(29)34-26(2,3)4/h6-7,10-12,22H,8-9,13-15H2,1-5H3/t22-/m1/s1. The molecule has 2 aliphatic rings. The van der Waals surface area contributed by atoms with E-state index in [1.54, 1.807) is 26.8 Å². The Morgan fingerprint density at radius 1 is 1.15 bits per heavy atom. The number of carbonyl (C=O) groups excluding carboxylic acids is 2. The molecule has 0 radical (unpaired) electrons. The Kier molecular flexibility index (Phi) is 6.70. The molecule has 0 bridgehead atoms. The van der Waals surface area contributed by atoms with Crippen LogP contribution in [0.1, 0.15) is 54.6 Å². The molecule has 1 atom stereocenters. The lowest BCUT2D eigenvalue weighted by molar-refractivity contribution is -0.147. The van der Waals surface area contributed by atoms with E-state index in [-0.39, 0.29) is 6.79 Å². The van der Waals surface area contributed by atoms with Gasteiger partial charge in [0.05, 0.1) is 13.7 Å². The third-order valence-corrected chi connectivity index (χ3v) is 5.72. The van der Waals surface area contributed by atoms with Crippen LogP contribution in [0.2, 0.25) is 0 Å². The summed E-state index contributed by atoms with van der Waals surface area (Å²) in [6.45, 7) is 8.84. The lowest BCUT2D eigenvalue weighted by atomic mass is 9.92. The fraction of sp³-hybridized carbons (Fsp3) is 0.462. The van der Waals surface area contributed by atoms with Crippen molar-refractivity contribution in [2.24, 2.45) is 0 Å². The zero-order valence-electron chi connectivity index (χ0n) is 20.3. The lowest BCUT2D eigenvalue weighted by Gasteiger charge is -2.36. The van der Waals surface area contributed by atoms with Crippen molar-refractivity contribution in [1.29, 1.82) is 0 Å². The Labute approximate surface area is 199 Å². The maximum Gasteiger partial charge on any atom is 0.411 e. The van der Waals surface area contributed by atoms with Crippen LogP contribution < -0.4 is 9.47 Å². The first-order chi connectivity index (χ1) is 16.2. The Balaban J connectivity index is 1.55. The molecular weight excluding hydrogens is 438 g/mol. The fourth-order valence-corrected chi connectivity index (χ4v) is 4.32. The van der Waals surface area contributed by atoms with Crippen molar-refractivity contribution in [3.05, 3.63) is 58.1 Å². The van der Waals surface area contributed by atoms with Crippen LogP contribution in [-0.2, 0) is 38.6 Å². The second kappa shape index (κ2) is 9.54. The minimum absolute atomic E-state index is 0.227. The van der Waals surface area contributed by atoms with Gasteiger partial charge in [0.2, 0.25) is 0 Å². The van der Waals surface area contributed by atoms with E-state index >= 15 is 0 Å². The van der Waals surface area contributed by atoms with Crippen LogP contribution in [0.15, 0.2) is 30.3 Å². The summed E-state index contributed by atoms with van der Waals surface area (Å²) in [6, 6.07) is 8.78. The van der Waals surface area contributed by atoms with Gasteiger partial charge in [-0.15, -0.1) is 0 Å². The molecule has 0 saturated carbocycles. The second-order valence-electron chi connectivity index (χ2n) is 9.52. The zero-order valence-corrected chi connectivity index (χ0v) is 20.3. The summed E-state index contributed by atoms with van der Waals surface area (Å²) in [5.74, 6) is 0.982. The molecule has 2 aromatic carbocycles. The van der Waals surface area contributed by atoms with Gasteiger partial charge in [-0.2, -0.15) is 0 Å². The van der Waals surface area contributed by atoms with Gasteiger partial charge in [-0.05, 0) is 63.4 Å². The molecule has 0 saturated heterocycles. The lowest BCUT2D eigenvalue weighted by Crippen LogP contribution is -2.46. The van der Waals surface area contributed by atoms with Gasteiger partial charge in [-0.25, -0.2) is 9.59 Å². The first-order valence-corrected chi connectivity index (χ1v) is 11.3. The van der Waals surface area contributed by atoms with Crippen LogP contribution in [0.3, 0.4) is 0 Å². The summed E-state index contributed by atoms with van der Waals surface area (Å²) in [4.78, 5) is 26.9. The number of amides is 1. The number of carbonyl (C=O) groups is 2. The summed E-state index contributed by atoms with van der Waals surface area (Å²) >= 11 is 0. The van der Waals surface area contributed by atoms with Gasteiger partial charge in [0.25, 0.3) is 0 Å². The maximum atomic E-state index is 12.8. The molecule has 0 spiro atoms. The van der Waals surface area contributed by atoms with Crippen LogP contribution in [-0.4, -0.2) is 43.0 Å². The van der Waals surface area contributed by atoms with Crippen molar-refractivity contribution in [2.75, 3.05) is 20.4 Å². The van der Waals surface area contributed by atoms with E-state index in [4.69, 9.17) is 23.7 Å². The van der Waals surface area contributed by atoms with Crippen LogP contribution >= 0.6 is 0 Å². The number of aryl methyl sites for hydroxylation is 1. The van der Waals surface area contributed by atoms with E-state index < -0.39 is 23.7 Å². The van der Waals surface area contributed by atoms with Gasteiger partial charge < -0.3 is 23.7 Å². The van der Waals surface area contributed by atoms with E-state index in [0.29, 0.717) is 37.5 Å². The Morgan fingerprint density at radius 3 is 2.68 bits per heavy atom. The molecule has 0 unspecified atom stereocenters. The van der Waals surface area contributed by atoms with E-state index in [0.717, 1.165) is 28.0 Å². The number of hydrogen-bond acceptors (Lipinski definition) is 7. The number of hydrogen-bond donors (Lipinski definition) is 0. The minimum Gasteiger partial charge on any atom is -0.489 e. The molecule has 8 heteroatoms. The molecule has 34 heavy (non-hydrogen) atoms. The Morgan fingerprint density at radius 2 is 1.94 bits per heavy atom. The number of nitrogens with zero attached hydrogens (tertiary/aromatic N) is 1. The molecule has 0 N–H and O–H groups in total. The highest BCUT2D eigenvalue weighted by molar-refractivity contribution is 5.84. The molecular formula is C26H31NO7. The molecule has 1 amide bonds. The van der Waals surface area contributed by atoms with Gasteiger partial charge in [0.1, 0.15) is 23.7 Å². The van der Waals surface area contributed by atoms with Crippen LogP contribution in [0, 0.1) is 6.92 Å². The molecule has 4 rings (SSSR count). The first kappa shape index (κ1) is 23.9. The second-order valence-corrected chi connectivity index (χ2v) is 9.52. The summed E-state index contributed by atoms with van der Waals surface area (Å²) in [5.41, 5.74) is 4.06. The number of esters is 1. The SMILES string of the molecule is COC(=O)[C@H]1c2ccc(OCc3cc(C)cc4c3OCOC4)cc2CCN1C(=O)OC(C)(C)C. The Hall–Kier alpha value is -3.26. The number of fused-ring (bicyclic) bond motifs is 2. The molecule has 2 aliphatic heterocycles. The quantitative estimate of drug-likeness (QED) is 0.612. The van der Waals surface area contributed by atoms with E-state index in [2.05, 4.69) is 12.1 Å². The van der Waals surface area contributed by atoms with Gasteiger partial charge in [-0.1, -0.05) is 17.7 Å². The fourth-order valence-electron chi connectivity index (χ4n) is 4.32. The summed E-state index contributed by atoms with van der Waals surface area (Å²) in [5, 5.41) is 0. The highest BCUT2D eigenvalue weighted by Gasteiger charge is 2.39. The zero-order chi connectivity index (χ0) is 24.5. The number of benzene rings is 2. The van der Waals surface area contributed by atoms with Gasteiger partial charge in [-0.3, -0.25) is 4.90 Å². The number of rotatable bonds is 4. The van der Waals surface area contributed by atoms with Crippen molar-refractivity contribution >= 4 is 12.1 Å². The highest BCUT2D eigenvalue weighted by Crippen LogP contribution is 2.35. The molecule has 8 nitrogen and oxygen atoms in total. The normalized spacial score (nSPS) is 17.2. The van der Waals surface area contributed by atoms with Crippen molar-refractivity contribution < 1.29 is 33.3 Å². The van der Waals surface area contributed by atoms with E-state index in [9.17, 15) is 9.59 Å². The smallest absolute Gasteiger partial charge is 0.411 e. The third kappa shape index (κ3) is 5.12. The molecule has 0 aliphatic carbocycles. The summed E-state index contributed by atoms with van der Waals surface area (Å²) in [7, 11) is 1.32. The van der Waals surface area contributed by atoms with Crippen LogP contribution in [0.4, 0.5) is 4.79 Å². The van der Waals surface area contributed by atoms with Crippen LogP contribution in [0.5, 0.6) is 11.5 Å². The molecule has 0 fully saturated rings. The molecule has 2 aromatic rings. The summed E-state index contributed by atoms with van der Waals surface area (Å²) in [6.07, 6.45) is 0.0293. The van der Waals surface area contributed by atoms with Crippen molar-refractivity contribution in [3.8, 4) is 11.5 Å². The van der Waals surface area contributed by atoms with Crippen molar-refractivity contribution in [3.63, 3.8) is 0 Å². The third-order valence-electron chi connectivity index (χ3n) is 5.72. The number of ether oxygens (including phenoxy) is 5. The monoisotopic (exact) mass is 469 g/mol. The van der Waals surface area contributed by atoms with E-state index in [1.165, 1.54) is 12.0 Å². The molecule has 0 aromatic heterocycles. The van der Waals surface area contributed by atoms with Crippen molar-refractivity contribution in [2.45, 2.75) is 59.0 Å². The van der Waals surface area contributed by atoms with Crippen LogP contribution in [0.25, 0.3) is 0 Å². The van der Waals surface area contributed by atoms with Crippen molar-refractivity contribution in [1.82, 2.24) is 4.90 Å². The van der Waals surface area contributed by atoms with Gasteiger partial charge in [0, 0.05) is 17.7 Å². The molecule has 2 heterocycles. The first-order valence-electron chi connectivity index (χ1n) is 11.3. The van der Waals surface area contributed by atoms with Gasteiger partial charge >= 0.3 is 12.1 Å². The van der Waals surface area contributed by atoms with E-state index in [1.807, 2.05) is 19.1 Å². The predicted octanol–water partition coefficient (Wildman–Crippen LogP) is 4.45. The average Bonchev–Trinajstić information content (AvgIpc) is 2.79. The topological polar surface area (TPSA) is 83.5 Å². The predicted molar refractivity (Wildman–Crippen MR) is 124 cm³/mol. The maximum absolute atomic E-state index is 12.8. The average molecular weight is 470 g/mol. The molecule has 182 valence electrons. The number of methoxy groups -OCH3 is 1. The van der Waals surface area contributed by atoms with Gasteiger partial charge in [0.15, 0.2) is 12.8 Å². The largest absolute Gasteiger partial charge is 0.489 e.